The molecule has 18 heavy (non-hydrogen) atoms. The number of quaternary nitrogens is 2. The third-order valence-corrected chi connectivity index (χ3v) is 3.90. The van der Waals surface area contributed by atoms with Crippen LogP contribution in [0.2, 0.25) is 0 Å². The molecular weight excluding hydrogens is 284 g/mol. The highest BCUT2D eigenvalue weighted by Gasteiger charge is 2.17. The highest BCUT2D eigenvalue weighted by atomic mass is 33.1. The maximum Gasteiger partial charge on any atom is 0.124 e. The van der Waals surface area contributed by atoms with E-state index in [-0.39, 0.29) is 0 Å². The number of carboxylic acid groups (broad SMARTS) is 2. The van der Waals surface area contributed by atoms with Crippen molar-refractivity contribution in [2.45, 2.75) is 12.2 Å². The second-order valence-corrected chi connectivity index (χ2v) is 5.58. The van der Waals surface area contributed by atoms with Crippen molar-refractivity contribution >= 4 is 33.5 Å². The van der Waals surface area contributed by atoms with Gasteiger partial charge in [0, 0.05) is 0 Å². The fourth-order valence-electron chi connectivity index (χ4n) is 0.494. The fourth-order valence-corrected chi connectivity index (χ4v) is 2.38. The van der Waals surface area contributed by atoms with Gasteiger partial charge in [0.2, 0.25) is 0 Å². The maximum atomic E-state index is 9.63. The van der Waals surface area contributed by atoms with Crippen molar-refractivity contribution < 1.29 is 41.5 Å². The first-order valence-electron chi connectivity index (χ1n) is 4.99. The Morgan fingerprint density at radius 2 is 1.22 bits per heavy atom. The largest absolute Gasteiger partial charge is 0.547 e. The van der Waals surface area contributed by atoms with Gasteiger partial charge in [-0.2, -0.15) is 0 Å². The highest BCUT2D eigenvalue weighted by molar-refractivity contribution is 8.76. The average Bonchev–Trinajstić information content (AvgIpc) is 2.33. The summed E-state index contributed by atoms with van der Waals surface area (Å²) in [5.41, 5.74) is 7.47. The van der Waals surface area contributed by atoms with Crippen LogP contribution in [0.4, 0.5) is 0 Å². The Kier molecular flexibility index (Phi) is 14.2. The molecule has 2 atom stereocenters. The summed E-state index contributed by atoms with van der Waals surface area (Å²) < 4.78 is 0. The van der Waals surface area contributed by atoms with E-state index in [0.717, 1.165) is 13.1 Å². The highest BCUT2D eigenvalue weighted by Crippen LogP contribution is 2.17. The second kappa shape index (κ2) is 12.9. The van der Waals surface area contributed by atoms with Gasteiger partial charge in [0.25, 0.3) is 0 Å². The summed E-state index contributed by atoms with van der Waals surface area (Å²) in [7, 11) is 3.78. The molecule has 0 heterocycles. The van der Waals surface area contributed by atoms with Crippen molar-refractivity contribution in [1.82, 2.24) is 0 Å². The minimum absolute atomic E-state index is 1.04. The number of rotatable bonds is 8. The molecule has 0 aliphatic heterocycles. The van der Waals surface area contributed by atoms with Gasteiger partial charge >= 0.3 is 0 Å². The standard InChI is InChI=1S/C4H12N2S2.C4H6O6/c5-1-3-7-8-4-2-6;5-1(3(7)8)2(6)4(9)10/h1-6H2;1-2,5-6H,(H,7,8)(H,9,10)/t;1-,2-/m.1/s1. The summed E-state index contributed by atoms with van der Waals surface area (Å²) in [5.74, 6) is -1.77. The maximum absolute atomic E-state index is 9.63. The molecule has 0 unspecified atom stereocenters. The zero-order chi connectivity index (χ0) is 14.6. The van der Waals surface area contributed by atoms with E-state index in [1.165, 1.54) is 11.5 Å². The Balaban J connectivity index is 0. The summed E-state index contributed by atoms with van der Waals surface area (Å²) in [5, 5.41) is 35.7. The molecule has 0 aromatic heterocycles. The van der Waals surface area contributed by atoms with Crippen molar-refractivity contribution in [3.63, 3.8) is 0 Å². The van der Waals surface area contributed by atoms with E-state index >= 15 is 0 Å². The summed E-state index contributed by atoms with van der Waals surface area (Å²) in [4.78, 5) is 19.3. The van der Waals surface area contributed by atoms with Crippen LogP contribution in [0, 0.1) is 0 Å². The first-order valence-corrected chi connectivity index (χ1v) is 7.48. The SMILES string of the molecule is O=C([O-])[C@H](O)[C@@H](O)C(=O)[O-].[NH3+]CCSSCC[NH3+]. The van der Waals surface area contributed by atoms with Crippen LogP contribution in [0.5, 0.6) is 0 Å². The van der Waals surface area contributed by atoms with Crippen LogP contribution in [0.3, 0.4) is 0 Å². The molecule has 0 spiro atoms. The van der Waals surface area contributed by atoms with Crippen LogP contribution in [0.15, 0.2) is 0 Å². The van der Waals surface area contributed by atoms with Gasteiger partial charge in [0.05, 0.1) is 36.5 Å². The zero-order valence-electron chi connectivity index (χ0n) is 9.74. The van der Waals surface area contributed by atoms with Crippen LogP contribution in [0.1, 0.15) is 0 Å². The summed E-state index contributed by atoms with van der Waals surface area (Å²) in [6.45, 7) is 2.07. The topological polar surface area (TPSA) is 176 Å². The van der Waals surface area contributed by atoms with E-state index in [4.69, 9.17) is 10.2 Å². The number of hydrogen-bond acceptors (Lipinski definition) is 8. The number of hydrogen-bond donors (Lipinski definition) is 4. The second-order valence-electron chi connectivity index (χ2n) is 2.88. The number of aliphatic hydroxyl groups excluding tert-OH is 2. The molecule has 0 aliphatic rings. The molecule has 0 rings (SSSR count). The molecule has 0 aliphatic carbocycles. The molecule has 8 nitrogen and oxygen atoms in total. The predicted octanol–water partition coefficient (Wildman–Crippen LogP) is -5.94. The predicted molar refractivity (Wildman–Crippen MR) is 62.5 cm³/mol. The van der Waals surface area contributed by atoms with Crippen LogP contribution in [-0.4, -0.2) is 59.0 Å². The fraction of sp³-hybridized carbons (Fsp3) is 0.750. The van der Waals surface area contributed by atoms with Gasteiger partial charge in [0.1, 0.15) is 12.2 Å². The molecule has 8 N–H and O–H groups in total. The first-order chi connectivity index (χ1) is 8.38. The van der Waals surface area contributed by atoms with Crippen LogP contribution in [-0.2, 0) is 9.59 Å². The molecule has 0 aromatic carbocycles. The van der Waals surface area contributed by atoms with Gasteiger partial charge in [-0.05, 0) is 0 Å². The molecule has 108 valence electrons. The average molecular weight is 302 g/mol. The minimum Gasteiger partial charge on any atom is -0.547 e. The lowest BCUT2D eigenvalue weighted by Crippen LogP contribution is -2.51. The lowest BCUT2D eigenvalue weighted by Gasteiger charge is -2.18. The quantitative estimate of drug-likeness (QED) is 0.253. The van der Waals surface area contributed by atoms with Gasteiger partial charge in [-0.15, -0.1) is 0 Å². The Bertz CT molecular complexity index is 220. The number of aliphatic hydroxyl groups is 2. The van der Waals surface area contributed by atoms with Gasteiger partial charge in [0.15, 0.2) is 0 Å². The zero-order valence-corrected chi connectivity index (χ0v) is 11.4. The van der Waals surface area contributed by atoms with Crippen molar-refractivity contribution in [3.05, 3.63) is 0 Å². The normalized spacial score (nSPS) is 13.1. The van der Waals surface area contributed by atoms with E-state index < -0.39 is 24.1 Å². The van der Waals surface area contributed by atoms with Gasteiger partial charge in [-0.25, -0.2) is 0 Å². The van der Waals surface area contributed by atoms with Gasteiger partial charge in [-0.1, -0.05) is 21.6 Å². The molecule has 0 saturated heterocycles. The first kappa shape index (κ1) is 19.8. The molecule has 10 heteroatoms. The Morgan fingerprint density at radius 1 is 0.944 bits per heavy atom. The minimum atomic E-state index is -2.44. The molecule has 0 bridgehead atoms. The van der Waals surface area contributed by atoms with E-state index in [1.807, 2.05) is 21.6 Å². The summed E-state index contributed by atoms with van der Waals surface area (Å²) >= 11 is 0. The van der Waals surface area contributed by atoms with Crippen LogP contribution in [0.25, 0.3) is 0 Å². The van der Waals surface area contributed by atoms with Crippen molar-refractivity contribution in [1.29, 1.82) is 0 Å². The molecule has 0 amide bonds. The van der Waals surface area contributed by atoms with E-state index in [0.29, 0.717) is 0 Å². The number of aliphatic carboxylic acids is 2. The Hall–Kier alpha value is -0.520. The van der Waals surface area contributed by atoms with E-state index in [1.54, 1.807) is 0 Å². The van der Waals surface area contributed by atoms with Crippen molar-refractivity contribution in [3.8, 4) is 0 Å². The monoisotopic (exact) mass is 302 g/mol. The Morgan fingerprint density at radius 3 is 1.39 bits per heavy atom. The summed E-state index contributed by atoms with van der Waals surface area (Å²) in [6.07, 6.45) is -4.88. The van der Waals surface area contributed by atoms with Gasteiger partial charge < -0.3 is 41.5 Å². The number of carbonyl (C=O) groups is 2. The molecule has 0 aromatic rings. The molecule has 0 fully saturated rings. The van der Waals surface area contributed by atoms with Crippen molar-refractivity contribution in [2.75, 3.05) is 24.6 Å². The molecular formula is C8H18N2O6S2. The van der Waals surface area contributed by atoms with Crippen LogP contribution >= 0.6 is 21.6 Å². The van der Waals surface area contributed by atoms with Crippen LogP contribution < -0.4 is 21.7 Å². The Labute approximate surface area is 112 Å². The lowest BCUT2D eigenvalue weighted by molar-refractivity contribution is -0.360. The molecule has 0 saturated carbocycles. The summed E-state index contributed by atoms with van der Waals surface area (Å²) in [6, 6.07) is 0. The lowest BCUT2D eigenvalue weighted by atomic mass is 10.2. The number of carbonyl (C=O) groups excluding carboxylic acids is 2. The molecule has 0 radical (unpaired) electrons. The smallest absolute Gasteiger partial charge is 0.124 e. The van der Waals surface area contributed by atoms with E-state index in [2.05, 4.69) is 11.5 Å². The van der Waals surface area contributed by atoms with Crippen molar-refractivity contribution in [2.24, 2.45) is 0 Å². The van der Waals surface area contributed by atoms with E-state index in [9.17, 15) is 19.8 Å². The third kappa shape index (κ3) is 12.0. The van der Waals surface area contributed by atoms with Gasteiger partial charge in [-0.3, -0.25) is 0 Å². The number of carboxylic acids is 2. The third-order valence-electron chi connectivity index (χ3n) is 1.32.